The molecule has 0 aromatic heterocycles. The summed E-state index contributed by atoms with van der Waals surface area (Å²) >= 11 is 0. The second kappa shape index (κ2) is 7.69. The van der Waals surface area contributed by atoms with E-state index in [-0.39, 0.29) is 18.4 Å². The fourth-order valence-corrected chi connectivity index (χ4v) is 1.59. The minimum atomic E-state index is -0.294. The van der Waals surface area contributed by atoms with Gasteiger partial charge in [-0.2, -0.15) is 0 Å². The number of halogens is 1. The summed E-state index contributed by atoms with van der Waals surface area (Å²) in [5.41, 5.74) is 0.495. The van der Waals surface area contributed by atoms with Crippen molar-refractivity contribution in [1.29, 1.82) is 0 Å². The summed E-state index contributed by atoms with van der Waals surface area (Å²) in [6.07, 6.45) is 2.05. The van der Waals surface area contributed by atoms with E-state index in [1.165, 1.54) is 6.07 Å². The lowest BCUT2D eigenvalue weighted by atomic mass is 10.1. The lowest BCUT2D eigenvalue weighted by Crippen LogP contribution is -2.35. The Labute approximate surface area is 108 Å². The smallest absolute Gasteiger partial charge is 0.315 e. The maximum absolute atomic E-state index is 13.3. The van der Waals surface area contributed by atoms with Gasteiger partial charge in [0.05, 0.1) is 0 Å². The first-order chi connectivity index (χ1) is 8.59. The number of nitrogens with one attached hydrogen (secondary N) is 2. The molecule has 0 bridgehead atoms. The number of amides is 2. The molecule has 0 atom stereocenters. The first-order valence-electron chi connectivity index (χ1n) is 6.34. The predicted octanol–water partition coefficient (Wildman–Crippen LogP) is 3.06. The van der Waals surface area contributed by atoms with E-state index in [4.69, 9.17) is 0 Å². The number of carbonyl (C=O) groups excluding carboxylic acids is 1. The van der Waals surface area contributed by atoms with Gasteiger partial charge in [-0.1, -0.05) is 32.0 Å². The number of rotatable bonds is 6. The number of hydrogen-bond donors (Lipinski definition) is 2. The Bertz CT molecular complexity index is 380. The van der Waals surface area contributed by atoms with Gasteiger partial charge in [0.1, 0.15) is 5.82 Å². The van der Waals surface area contributed by atoms with Crippen LogP contribution in [0.25, 0.3) is 0 Å². The van der Waals surface area contributed by atoms with Crippen LogP contribution in [0.4, 0.5) is 9.18 Å². The van der Waals surface area contributed by atoms with Crippen LogP contribution in [-0.2, 0) is 6.54 Å². The van der Waals surface area contributed by atoms with E-state index in [0.29, 0.717) is 18.0 Å². The lowest BCUT2D eigenvalue weighted by Gasteiger charge is -2.09. The van der Waals surface area contributed by atoms with Crippen molar-refractivity contribution in [3.05, 3.63) is 35.6 Å². The van der Waals surface area contributed by atoms with E-state index in [0.717, 1.165) is 12.8 Å². The van der Waals surface area contributed by atoms with Gasteiger partial charge in [0.15, 0.2) is 0 Å². The van der Waals surface area contributed by atoms with Crippen molar-refractivity contribution in [2.45, 2.75) is 33.2 Å². The molecule has 0 radical (unpaired) electrons. The topological polar surface area (TPSA) is 41.1 Å². The highest BCUT2D eigenvalue weighted by atomic mass is 19.1. The van der Waals surface area contributed by atoms with Crippen LogP contribution in [0.2, 0.25) is 0 Å². The van der Waals surface area contributed by atoms with E-state index in [1.54, 1.807) is 18.2 Å². The maximum atomic E-state index is 13.3. The summed E-state index contributed by atoms with van der Waals surface area (Å²) in [7, 11) is 0. The second-order valence-electron chi connectivity index (χ2n) is 4.74. The molecule has 100 valence electrons. The zero-order valence-corrected chi connectivity index (χ0v) is 11.0. The van der Waals surface area contributed by atoms with Crippen molar-refractivity contribution in [2.24, 2.45) is 5.92 Å². The molecule has 2 N–H and O–H groups in total. The van der Waals surface area contributed by atoms with Gasteiger partial charge < -0.3 is 10.6 Å². The SMILES string of the molecule is CC(C)CCCNC(=O)NCc1ccccc1F. The second-order valence-corrected chi connectivity index (χ2v) is 4.74. The van der Waals surface area contributed by atoms with Gasteiger partial charge in [-0.15, -0.1) is 0 Å². The van der Waals surface area contributed by atoms with Crippen LogP contribution in [0, 0.1) is 11.7 Å². The average Bonchev–Trinajstić information content (AvgIpc) is 2.33. The molecular weight excluding hydrogens is 231 g/mol. The molecule has 1 aromatic carbocycles. The summed E-state index contributed by atoms with van der Waals surface area (Å²) in [6.45, 7) is 5.17. The first kappa shape index (κ1) is 14.5. The largest absolute Gasteiger partial charge is 0.338 e. The van der Waals surface area contributed by atoms with Crippen LogP contribution in [0.3, 0.4) is 0 Å². The Hall–Kier alpha value is -1.58. The van der Waals surface area contributed by atoms with Crippen molar-refractivity contribution in [1.82, 2.24) is 10.6 Å². The molecule has 0 aliphatic carbocycles. The monoisotopic (exact) mass is 252 g/mol. The summed E-state index contributed by atoms with van der Waals surface area (Å²) in [4.78, 5) is 11.4. The molecule has 0 heterocycles. The molecule has 1 rings (SSSR count). The molecule has 0 unspecified atom stereocenters. The van der Waals surface area contributed by atoms with E-state index >= 15 is 0 Å². The molecule has 0 aliphatic heterocycles. The molecule has 0 saturated heterocycles. The minimum Gasteiger partial charge on any atom is -0.338 e. The van der Waals surface area contributed by atoms with Crippen LogP contribution in [0.1, 0.15) is 32.3 Å². The minimum absolute atomic E-state index is 0.211. The van der Waals surface area contributed by atoms with Crippen LogP contribution >= 0.6 is 0 Å². The number of benzene rings is 1. The van der Waals surface area contributed by atoms with Crippen LogP contribution < -0.4 is 10.6 Å². The molecule has 3 nitrogen and oxygen atoms in total. The predicted molar refractivity (Wildman–Crippen MR) is 70.7 cm³/mol. The van der Waals surface area contributed by atoms with Crippen LogP contribution in [0.15, 0.2) is 24.3 Å². The molecule has 2 amide bonds. The average molecular weight is 252 g/mol. The maximum Gasteiger partial charge on any atom is 0.315 e. The van der Waals surface area contributed by atoms with Gasteiger partial charge in [-0.3, -0.25) is 0 Å². The fraction of sp³-hybridized carbons (Fsp3) is 0.500. The van der Waals surface area contributed by atoms with E-state index < -0.39 is 0 Å². The zero-order chi connectivity index (χ0) is 13.4. The highest BCUT2D eigenvalue weighted by molar-refractivity contribution is 5.73. The zero-order valence-electron chi connectivity index (χ0n) is 11.0. The summed E-state index contributed by atoms with van der Waals surface area (Å²) < 4.78 is 13.3. The van der Waals surface area contributed by atoms with E-state index in [1.807, 2.05) is 0 Å². The molecule has 18 heavy (non-hydrogen) atoms. The van der Waals surface area contributed by atoms with Crippen molar-refractivity contribution in [3.8, 4) is 0 Å². The summed E-state index contributed by atoms with van der Waals surface area (Å²) in [5.74, 6) is 0.353. The Kier molecular flexibility index (Phi) is 6.19. The van der Waals surface area contributed by atoms with Gasteiger partial charge in [-0.25, -0.2) is 9.18 Å². The third kappa shape index (κ3) is 5.66. The van der Waals surface area contributed by atoms with Crippen molar-refractivity contribution >= 4 is 6.03 Å². The fourth-order valence-electron chi connectivity index (χ4n) is 1.59. The van der Waals surface area contributed by atoms with Crippen LogP contribution in [-0.4, -0.2) is 12.6 Å². The standard InChI is InChI=1S/C14H21FN2O/c1-11(2)6-5-9-16-14(18)17-10-12-7-3-4-8-13(12)15/h3-4,7-8,11H,5-6,9-10H2,1-2H3,(H2,16,17,18). The Morgan fingerprint density at radius 3 is 2.67 bits per heavy atom. The first-order valence-corrected chi connectivity index (χ1v) is 6.34. The molecule has 0 saturated carbocycles. The van der Waals surface area contributed by atoms with Gasteiger partial charge >= 0.3 is 6.03 Å². The number of hydrogen-bond acceptors (Lipinski definition) is 1. The third-order valence-electron chi connectivity index (χ3n) is 2.64. The van der Waals surface area contributed by atoms with Crippen LogP contribution in [0.5, 0.6) is 0 Å². The Balaban J connectivity index is 2.19. The molecule has 0 aliphatic rings. The summed E-state index contributed by atoms with van der Waals surface area (Å²) in [5, 5.41) is 5.39. The van der Waals surface area contributed by atoms with E-state index in [9.17, 15) is 9.18 Å². The lowest BCUT2D eigenvalue weighted by molar-refractivity contribution is 0.240. The Morgan fingerprint density at radius 1 is 1.28 bits per heavy atom. The van der Waals surface area contributed by atoms with Crippen molar-refractivity contribution in [2.75, 3.05) is 6.54 Å². The van der Waals surface area contributed by atoms with Gasteiger partial charge in [0.2, 0.25) is 0 Å². The number of carbonyl (C=O) groups is 1. The normalized spacial score (nSPS) is 10.4. The molecular formula is C14H21FN2O. The van der Waals surface area contributed by atoms with Gasteiger partial charge in [-0.05, 0) is 24.8 Å². The highest BCUT2D eigenvalue weighted by Gasteiger charge is 2.03. The number of urea groups is 1. The quantitative estimate of drug-likeness (QED) is 0.751. The van der Waals surface area contributed by atoms with Gasteiger partial charge in [0.25, 0.3) is 0 Å². The van der Waals surface area contributed by atoms with Gasteiger partial charge in [0, 0.05) is 18.7 Å². The van der Waals surface area contributed by atoms with Crippen molar-refractivity contribution in [3.63, 3.8) is 0 Å². The highest BCUT2D eigenvalue weighted by Crippen LogP contribution is 2.05. The van der Waals surface area contributed by atoms with E-state index in [2.05, 4.69) is 24.5 Å². The Morgan fingerprint density at radius 2 is 2.00 bits per heavy atom. The van der Waals surface area contributed by atoms with Crippen molar-refractivity contribution < 1.29 is 9.18 Å². The summed E-state index contributed by atoms with van der Waals surface area (Å²) in [6, 6.07) is 6.18. The molecule has 0 spiro atoms. The molecule has 4 heteroatoms. The molecule has 1 aromatic rings. The third-order valence-corrected chi connectivity index (χ3v) is 2.64. The molecule has 0 fully saturated rings.